The van der Waals surface area contributed by atoms with E-state index in [1.54, 1.807) is 7.11 Å². The Bertz CT molecular complexity index is 362. The molecule has 88 valence electrons. The van der Waals surface area contributed by atoms with Crippen molar-refractivity contribution in [2.24, 2.45) is 5.92 Å². The summed E-state index contributed by atoms with van der Waals surface area (Å²) < 4.78 is 5.50. The van der Waals surface area contributed by atoms with E-state index in [1.165, 1.54) is 17.5 Å². The van der Waals surface area contributed by atoms with Crippen LogP contribution in [0.15, 0.2) is 18.2 Å². The Morgan fingerprint density at radius 3 is 2.81 bits per heavy atom. The lowest BCUT2D eigenvalue weighted by molar-refractivity contribution is 0.402. The molecule has 16 heavy (non-hydrogen) atoms. The number of hydrogen-bond acceptors (Lipinski definition) is 2. The van der Waals surface area contributed by atoms with Crippen LogP contribution in [-0.2, 0) is 6.42 Å². The van der Waals surface area contributed by atoms with Crippen LogP contribution in [0.5, 0.6) is 5.75 Å². The fraction of sp³-hybridized carbons (Fsp3) is 0.571. The Kier molecular flexibility index (Phi) is 3.49. The first-order valence-electron chi connectivity index (χ1n) is 6.14. The van der Waals surface area contributed by atoms with E-state index in [0.29, 0.717) is 6.04 Å². The molecule has 0 unspecified atom stereocenters. The van der Waals surface area contributed by atoms with E-state index in [1.807, 2.05) is 0 Å². The molecule has 1 fully saturated rings. The number of nitrogens with one attached hydrogen (secondary N) is 1. The van der Waals surface area contributed by atoms with E-state index >= 15 is 0 Å². The molecule has 0 radical (unpaired) electrons. The van der Waals surface area contributed by atoms with Crippen LogP contribution in [0, 0.1) is 5.92 Å². The molecule has 2 nitrogen and oxygen atoms in total. The van der Waals surface area contributed by atoms with Crippen molar-refractivity contribution in [3.8, 4) is 5.75 Å². The molecule has 2 rings (SSSR count). The predicted octanol–water partition coefficient (Wildman–Crippen LogP) is 2.93. The summed E-state index contributed by atoms with van der Waals surface area (Å²) in [6, 6.07) is 7.06. The molecule has 1 aliphatic rings. The third-order valence-electron chi connectivity index (χ3n) is 3.43. The molecule has 0 aromatic heterocycles. The van der Waals surface area contributed by atoms with Crippen LogP contribution in [-0.4, -0.2) is 13.7 Å². The molecule has 1 N–H and O–H groups in total. The molecule has 0 amide bonds. The highest BCUT2D eigenvalue weighted by Gasteiger charge is 2.24. The normalized spacial score (nSPS) is 24.7. The Morgan fingerprint density at radius 1 is 1.44 bits per heavy atom. The maximum absolute atomic E-state index is 5.50. The van der Waals surface area contributed by atoms with Gasteiger partial charge < -0.3 is 10.1 Å². The molecule has 2 atom stereocenters. The first-order valence-corrected chi connectivity index (χ1v) is 6.14. The molecule has 1 aliphatic heterocycles. The molecule has 0 aliphatic carbocycles. The van der Waals surface area contributed by atoms with Gasteiger partial charge in [0.05, 0.1) is 7.11 Å². The van der Waals surface area contributed by atoms with E-state index in [0.717, 1.165) is 24.6 Å². The largest absolute Gasteiger partial charge is 0.496 e. The quantitative estimate of drug-likeness (QED) is 0.844. The molecule has 0 spiro atoms. The van der Waals surface area contributed by atoms with Crippen LogP contribution in [0.4, 0.5) is 0 Å². The number of benzene rings is 1. The number of rotatable bonds is 3. The summed E-state index contributed by atoms with van der Waals surface area (Å²) in [6.45, 7) is 5.58. The maximum atomic E-state index is 5.50. The van der Waals surface area contributed by atoms with Gasteiger partial charge in [-0.2, -0.15) is 0 Å². The van der Waals surface area contributed by atoms with Gasteiger partial charge in [-0.1, -0.05) is 26.0 Å². The van der Waals surface area contributed by atoms with Gasteiger partial charge in [-0.05, 0) is 36.9 Å². The van der Waals surface area contributed by atoms with Gasteiger partial charge in [-0.15, -0.1) is 0 Å². The highest BCUT2D eigenvalue weighted by molar-refractivity contribution is 5.40. The monoisotopic (exact) mass is 219 g/mol. The van der Waals surface area contributed by atoms with Gasteiger partial charge in [-0.3, -0.25) is 0 Å². The van der Waals surface area contributed by atoms with Crippen molar-refractivity contribution in [2.75, 3.05) is 13.7 Å². The lowest BCUT2D eigenvalue weighted by Crippen LogP contribution is -2.14. The van der Waals surface area contributed by atoms with Crippen LogP contribution in [0.25, 0.3) is 0 Å². The van der Waals surface area contributed by atoms with Crippen molar-refractivity contribution < 1.29 is 4.74 Å². The zero-order valence-electron chi connectivity index (χ0n) is 10.4. The minimum atomic E-state index is 0.468. The van der Waals surface area contributed by atoms with Gasteiger partial charge >= 0.3 is 0 Å². The van der Waals surface area contributed by atoms with E-state index in [4.69, 9.17) is 4.74 Å². The molecule has 1 heterocycles. The highest BCUT2D eigenvalue weighted by atomic mass is 16.5. The molecular formula is C14H21NO. The Balaban J connectivity index is 2.26. The third kappa shape index (κ3) is 2.22. The molecule has 1 aromatic rings. The summed E-state index contributed by atoms with van der Waals surface area (Å²) in [5, 5.41) is 3.55. The SMILES string of the molecule is CCc1ccc([C@@H]2C[C@@H](C)CN2)c(OC)c1. The zero-order chi connectivity index (χ0) is 11.5. The fourth-order valence-electron chi connectivity index (χ4n) is 2.41. The lowest BCUT2D eigenvalue weighted by Gasteiger charge is -2.16. The minimum absolute atomic E-state index is 0.468. The Labute approximate surface area is 98.0 Å². The zero-order valence-corrected chi connectivity index (χ0v) is 10.4. The van der Waals surface area contributed by atoms with Crippen LogP contribution in [0.2, 0.25) is 0 Å². The van der Waals surface area contributed by atoms with Crippen LogP contribution in [0.1, 0.15) is 37.4 Å². The van der Waals surface area contributed by atoms with E-state index in [2.05, 4.69) is 37.4 Å². The van der Waals surface area contributed by atoms with Crippen LogP contribution in [0.3, 0.4) is 0 Å². The summed E-state index contributed by atoms with van der Waals surface area (Å²) in [4.78, 5) is 0. The smallest absolute Gasteiger partial charge is 0.123 e. The molecule has 0 saturated carbocycles. The molecule has 1 saturated heterocycles. The van der Waals surface area contributed by atoms with Gasteiger partial charge in [0.2, 0.25) is 0 Å². The average Bonchev–Trinajstić information content (AvgIpc) is 2.74. The van der Waals surface area contributed by atoms with Crippen molar-refractivity contribution in [1.29, 1.82) is 0 Å². The number of methoxy groups -OCH3 is 1. The van der Waals surface area contributed by atoms with Gasteiger partial charge in [0, 0.05) is 11.6 Å². The highest BCUT2D eigenvalue weighted by Crippen LogP contribution is 2.33. The topological polar surface area (TPSA) is 21.3 Å². The number of hydrogen-bond donors (Lipinski definition) is 1. The van der Waals surface area contributed by atoms with Crippen molar-refractivity contribution in [3.63, 3.8) is 0 Å². The summed E-state index contributed by atoms with van der Waals surface area (Å²) >= 11 is 0. The van der Waals surface area contributed by atoms with Gasteiger partial charge in [0.1, 0.15) is 5.75 Å². The van der Waals surface area contributed by atoms with Crippen molar-refractivity contribution in [3.05, 3.63) is 29.3 Å². The van der Waals surface area contributed by atoms with Crippen LogP contribution < -0.4 is 10.1 Å². The average molecular weight is 219 g/mol. The van der Waals surface area contributed by atoms with E-state index in [-0.39, 0.29) is 0 Å². The van der Waals surface area contributed by atoms with Crippen molar-refractivity contribution >= 4 is 0 Å². The summed E-state index contributed by atoms with van der Waals surface area (Å²) in [6.07, 6.45) is 2.27. The second-order valence-electron chi connectivity index (χ2n) is 4.73. The van der Waals surface area contributed by atoms with Crippen molar-refractivity contribution in [1.82, 2.24) is 5.32 Å². The third-order valence-corrected chi connectivity index (χ3v) is 3.43. The second kappa shape index (κ2) is 4.88. The molecule has 2 heteroatoms. The van der Waals surface area contributed by atoms with Gasteiger partial charge in [0.15, 0.2) is 0 Å². The number of ether oxygens (including phenoxy) is 1. The van der Waals surface area contributed by atoms with Gasteiger partial charge in [0.25, 0.3) is 0 Å². The summed E-state index contributed by atoms with van der Waals surface area (Å²) in [5.41, 5.74) is 2.65. The molecule has 1 aromatic carbocycles. The molecular weight excluding hydrogens is 198 g/mol. The predicted molar refractivity (Wildman–Crippen MR) is 66.9 cm³/mol. The summed E-state index contributed by atoms with van der Waals surface area (Å²) in [5.74, 6) is 1.80. The van der Waals surface area contributed by atoms with Gasteiger partial charge in [-0.25, -0.2) is 0 Å². The Hall–Kier alpha value is -1.02. The number of aryl methyl sites for hydroxylation is 1. The summed E-state index contributed by atoms with van der Waals surface area (Å²) in [7, 11) is 1.76. The first kappa shape index (κ1) is 11.5. The molecule has 0 bridgehead atoms. The fourth-order valence-corrected chi connectivity index (χ4v) is 2.41. The van der Waals surface area contributed by atoms with E-state index in [9.17, 15) is 0 Å². The first-order chi connectivity index (χ1) is 7.74. The Morgan fingerprint density at radius 2 is 2.25 bits per heavy atom. The minimum Gasteiger partial charge on any atom is -0.496 e. The van der Waals surface area contributed by atoms with Crippen molar-refractivity contribution in [2.45, 2.75) is 32.7 Å². The van der Waals surface area contributed by atoms with E-state index < -0.39 is 0 Å². The maximum Gasteiger partial charge on any atom is 0.123 e. The van der Waals surface area contributed by atoms with Crippen LogP contribution >= 0.6 is 0 Å². The second-order valence-corrected chi connectivity index (χ2v) is 4.73. The standard InChI is InChI=1S/C14H21NO/c1-4-11-5-6-12(14(8-11)16-3)13-7-10(2)9-15-13/h5-6,8,10,13,15H,4,7,9H2,1-3H3/t10-,13+/m1/s1. The lowest BCUT2D eigenvalue weighted by atomic mass is 9.98.